The van der Waals surface area contributed by atoms with Gasteiger partial charge in [-0.3, -0.25) is 4.79 Å². The van der Waals surface area contributed by atoms with Gasteiger partial charge in [0.15, 0.2) is 5.69 Å². The molecule has 0 aliphatic heterocycles. The number of methoxy groups -OCH3 is 1. The quantitative estimate of drug-likeness (QED) is 0.522. The predicted molar refractivity (Wildman–Crippen MR) is 83.6 cm³/mol. The molecule has 9 heteroatoms. The first kappa shape index (κ1) is 17.0. The van der Waals surface area contributed by atoms with Crippen LogP contribution in [0.2, 0.25) is 0 Å². The largest absolute Gasteiger partial charge is 0.465 e. The highest BCUT2D eigenvalue weighted by Gasteiger charge is 2.39. The van der Waals surface area contributed by atoms with Crippen molar-refractivity contribution in [1.29, 1.82) is 0 Å². The first-order valence-electron chi connectivity index (χ1n) is 6.87. The number of rotatable bonds is 3. The summed E-state index contributed by atoms with van der Waals surface area (Å²) in [6, 6.07) is 6.70. The Balaban J connectivity index is 2.24. The number of hydrogen-bond donors (Lipinski definition) is 0. The second-order valence-corrected chi connectivity index (χ2v) is 5.87. The minimum Gasteiger partial charge on any atom is -0.465 e. The van der Waals surface area contributed by atoms with E-state index >= 15 is 0 Å². The van der Waals surface area contributed by atoms with Crippen LogP contribution >= 0.6 is 11.3 Å². The summed E-state index contributed by atoms with van der Waals surface area (Å²) in [7, 11) is 1.18. The number of aromatic nitrogens is 2. The van der Waals surface area contributed by atoms with Crippen LogP contribution in [0.5, 0.6) is 0 Å². The van der Waals surface area contributed by atoms with E-state index in [0.717, 1.165) is 11.3 Å². The summed E-state index contributed by atoms with van der Waals surface area (Å²) in [4.78, 5) is 31.5. The van der Waals surface area contributed by atoms with Crippen LogP contribution in [0.25, 0.3) is 11.0 Å². The van der Waals surface area contributed by atoms with Crippen LogP contribution in [-0.2, 0) is 10.9 Å². The maximum Gasteiger partial charge on any atom is 0.435 e. The summed E-state index contributed by atoms with van der Waals surface area (Å²) in [5.41, 5.74) is -2.15. The maximum atomic E-state index is 13.3. The number of nitrogens with zero attached hydrogens (tertiary/aromatic N) is 2. The summed E-state index contributed by atoms with van der Waals surface area (Å²) in [6.45, 7) is 0. The van der Waals surface area contributed by atoms with E-state index in [1.807, 2.05) is 0 Å². The van der Waals surface area contributed by atoms with Gasteiger partial charge in [-0.15, -0.1) is 11.3 Å². The van der Waals surface area contributed by atoms with Gasteiger partial charge in [0.25, 0.3) is 0 Å². The van der Waals surface area contributed by atoms with Crippen molar-refractivity contribution >= 4 is 34.1 Å². The molecule has 1 aromatic carbocycles. The molecule has 3 aromatic rings. The Morgan fingerprint density at radius 1 is 1.12 bits per heavy atom. The number of benzene rings is 1. The summed E-state index contributed by atoms with van der Waals surface area (Å²) < 4.78 is 44.5. The van der Waals surface area contributed by atoms with Crippen LogP contribution < -0.4 is 0 Å². The SMILES string of the molecule is COC(=O)c1ccc2nc(C(F)(F)F)c(C(=O)c3cccs3)nc2c1. The zero-order valence-electron chi connectivity index (χ0n) is 12.6. The molecule has 2 heterocycles. The van der Waals surface area contributed by atoms with Crippen LogP contribution in [0.1, 0.15) is 31.4 Å². The Hall–Kier alpha value is -2.81. The van der Waals surface area contributed by atoms with E-state index in [-0.39, 0.29) is 21.5 Å². The van der Waals surface area contributed by atoms with Crippen LogP contribution in [-0.4, -0.2) is 28.8 Å². The Kier molecular flexibility index (Phi) is 4.25. The molecule has 0 N–H and O–H groups in total. The van der Waals surface area contributed by atoms with E-state index in [2.05, 4.69) is 14.7 Å². The highest BCUT2D eigenvalue weighted by atomic mass is 32.1. The lowest BCUT2D eigenvalue weighted by molar-refractivity contribution is -0.141. The van der Waals surface area contributed by atoms with Gasteiger partial charge in [0.05, 0.1) is 28.6 Å². The average Bonchev–Trinajstić information content (AvgIpc) is 3.12. The first-order valence-corrected chi connectivity index (χ1v) is 7.74. The number of carbonyl (C=O) groups excluding carboxylic acids is 2. The molecule has 25 heavy (non-hydrogen) atoms. The zero-order valence-corrected chi connectivity index (χ0v) is 13.4. The number of carbonyl (C=O) groups is 2. The highest BCUT2D eigenvalue weighted by Crippen LogP contribution is 2.32. The maximum absolute atomic E-state index is 13.3. The Morgan fingerprint density at radius 3 is 2.48 bits per heavy atom. The van der Waals surface area contributed by atoms with E-state index in [9.17, 15) is 22.8 Å². The molecule has 0 bridgehead atoms. The molecule has 0 saturated carbocycles. The average molecular weight is 366 g/mol. The fraction of sp³-hybridized carbons (Fsp3) is 0.125. The van der Waals surface area contributed by atoms with E-state index in [4.69, 9.17) is 0 Å². The topological polar surface area (TPSA) is 69.2 Å². The van der Waals surface area contributed by atoms with Gasteiger partial charge < -0.3 is 4.74 Å². The van der Waals surface area contributed by atoms with Crippen molar-refractivity contribution < 1.29 is 27.5 Å². The first-order chi connectivity index (χ1) is 11.8. The summed E-state index contributed by atoms with van der Waals surface area (Å²) in [5, 5.41) is 1.57. The molecule has 0 radical (unpaired) electrons. The number of halogens is 3. The minimum absolute atomic E-state index is 0.00388. The van der Waals surface area contributed by atoms with Crippen molar-refractivity contribution in [2.45, 2.75) is 6.18 Å². The summed E-state index contributed by atoms with van der Waals surface area (Å²) in [6.07, 6.45) is -4.84. The number of ether oxygens (including phenoxy) is 1. The van der Waals surface area contributed by atoms with Crippen LogP contribution in [0.3, 0.4) is 0 Å². The number of thiophene rings is 1. The Bertz CT molecular complexity index is 969. The lowest BCUT2D eigenvalue weighted by Gasteiger charge is -2.11. The normalized spacial score (nSPS) is 11.5. The number of hydrogen-bond acceptors (Lipinski definition) is 6. The molecule has 0 unspecified atom stereocenters. The van der Waals surface area contributed by atoms with Gasteiger partial charge in [-0.05, 0) is 29.6 Å². The van der Waals surface area contributed by atoms with Gasteiger partial charge >= 0.3 is 12.1 Å². The van der Waals surface area contributed by atoms with Gasteiger partial charge in [-0.2, -0.15) is 13.2 Å². The summed E-state index contributed by atoms with van der Waals surface area (Å²) in [5.74, 6) is -1.55. The number of fused-ring (bicyclic) bond motifs is 1. The lowest BCUT2D eigenvalue weighted by atomic mass is 10.1. The van der Waals surface area contributed by atoms with Crippen molar-refractivity contribution in [3.05, 3.63) is 57.5 Å². The highest BCUT2D eigenvalue weighted by molar-refractivity contribution is 7.12. The molecule has 5 nitrogen and oxygen atoms in total. The molecule has 2 aromatic heterocycles. The van der Waals surface area contributed by atoms with E-state index in [0.29, 0.717) is 0 Å². The van der Waals surface area contributed by atoms with Gasteiger partial charge in [0.2, 0.25) is 5.78 Å². The van der Waals surface area contributed by atoms with Gasteiger partial charge in [-0.1, -0.05) is 6.07 Å². The van der Waals surface area contributed by atoms with Crippen LogP contribution in [0, 0.1) is 0 Å². The number of alkyl halides is 3. The summed E-state index contributed by atoms with van der Waals surface area (Å²) >= 11 is 1.00. The van der Waals surface area contributed by atoms with Crippen molar-refractivity contribution in [2.75, 3.05) is 7.11 Å². The standard InChI is InChI=1S/C16H9F3N2O3S/c1-24-15(23)8-4-5-9-10(7-8)20-12(14(21-9)16(17,18)19)13(22)11-3-2-6-25-11/h2-7H,1H3. The second kappa shape index (κ2) is 6.25. The molecular formula is C16H9F3N2O3S. The van der Waals surface area contributed by atoms with E-state index in [1.165, 1.54) is 31.4 Å². The predicted octanol–water partition coefficient (Wildman–Crippen LogP) is 3.73. The van der Waals surface area contributed by atoms with E-state index in [1.54, 1.807) is 11.4 Å². The number of esters is 1. The van der Waals surface area contributed by atoms with Gasteiger partial charge in [-0.25, -0.2) is 14.8 Å². The van der Waals surface area contributed by atoms with Crippen molar-refractivity contribution in [1.82, 2.24) is 9.97 Å². The lowest BCUT2D eigenvalue weighted by Crippen LogP contribution is -2.18. The van der Waals surface area contributed by atoms with Crippen molar-refractivity contribution in [2.24, 2.45) is 0 Å². The molecular weight excluding hydrogens is 357 g/mol. The van der Waals surface area contributed by atoms with Crippen molar-refractivity contribution in [3.63, 3.8) is 0 Å². The smallest absolute Gasteiger partial charge is 0.435 e. The third kappa shape index (κ3) is 3.22. The van der Waals surface area contributed by atoms with Gasteiger partial charge in [0.1, 0.15) is 5.69 Å². The molecule has 0 saturated heterocycles. The molecule has 0 spiro atoms. The monoisotopic (exact) mass is 366 g/mol. The van der Waals surface area contributed by atoms with Crippen LogP contribution in [0.4, 0.5) is 13.2 Å². The van der Waals surface area contributed by atoms with E-state index < -0.39 is 29.3 Å². The van der Waals surface area contributed by atoms with Crippen LogP contribution in [0.15, 0.2) is 35.7 Å². The number of ketones is 1. The molecule has 0 fully saturated rings. The molecule has 0 atom stereocenters. The Labute approximate surface area is 143 Å². The second-order valence-electron chi connectivity index (χ2n) is 4.92. The van der Waals surface area contributed by atoms with Gasteiger partial charge in [0, 0.05) is 0 Å². The minimum atomic E-state index is -4.84. The molecule has 3 rings (SSSR count). The molecule has 0 aliphatic carbocycles. The van der Waals surface area contributed by atoms with Crippen molar-refractivity contribution in [3.8, 4) is 0 Å². The third-order valence-corrected chi connectivity index (χ3v) is 4.18. The zero-order chi connectivity index (χ0) is 18.2. The molecule has 0 aliphatic rings. The fourth-order valence-corrected chi connectivity index (χ4v) is 2.84. The molecule has 0 amide bonds. The Morgan fingerprint density at radius 2 is 1.88 bits per heavy atom. The third-order valence-electron chi connectivity index (χ3n) is 3.31. The molecule has 128 valence electrons. The fourth-order valence-electron chi connectivity index (χ4n) is 2.18.